The van der Waals surface area contributed by atoms with E-state index in [0.717, 1.165) is 18.0 Å². The van der Waals surface area contributed by atoms with Gasteiger partial charge in [0.2, 0.25) is 5.91 Å². The first kappa shape index (κ1) is 19.9. The molecule has 29 heavy (non-hydrogen) atoms. The highest BCUT2D eigenvalue weighted by molar-refractivity contribution is 8.00. The number of carbonyl (C=O) groups excluding carboxylic acids is 1. The summed E-state index contributed by atoms with van der Waals surface area (Å²) in [6.07, 6.45) is 1.68. The van der Waals surface area contributed by atoms with Crippen LogP contribution in [0.15, 0.2) is 83.3 Å². The summed E-state index contributed by atoms with van der Waals surface area (Å²) in [4.78, 5) is 15.5. The van der Waals surface area contributed by atoms with E-state index in [1.54, 1.807) is 29.3 Å². The van der Waals surface area contributed by atoms with E-state index >= 15 is 0 Å². The number of thiophene rings is 1. The van der Waals surface area contributed by atoms with E-state index in [-0.39, 0.29) is 11.9 Å². The first-order chi connectivity index (χ1) is 14.3. The second kappa shape index (κ2) is 9.87. The van der Waals surface area contributed by atoms with Gasteiger partial charge >= 0.3 is 0 Å². The van der Waals surface area contributed by atoms with Crippen molar-refractivity contribution in [3.63, 3.8) is 0 Å². The fourth-order valence-corrected chi connectivity index (χ4v) is 5.06. The van der Waals surface area contributed by atoms with Crippen LogP contribution in [0.5, 0.6) is 0 Å². The van der Waals surface area contributed by atoms with Gasteiger partial charge in [-0.25, -0.2) is 5.43 Å². The van der Waals surface area contributed by atoms with Gasteiger partial charge in [-0.1, -0.05) is 66.7 Å². The molecule has 4 nitrogen and oxygen atoms in total. The maximum Gasteiger partial charge on any atom is 0.250 e. The van der Waals surface area contributed by atoms with Gasteiger partial charge < -0.3 is 0 Å². The Hall–Kier alpha value is -2.41. The zero-order valence-electron chi connectivity index (χ0n) is 16.0. The summed E-state index contributed by atoms with van der Waals surface area (Å²) in [5.74, 6) is 0.380. The number of hydrogen-bond acceptors (Lipinski definition) is 5. The monoisotopic (exact) mass is 421 g/mol. The molecule has 0 radical (unpaired) electrons. The van der Waals surface area contributed by atoms with Crippen LogP contribution in [-0.2, 0) is 4.79 Å². The topological polar surface area (TPSA) is 44.7 Å². The third-order valence-electron chi connectivity index (χ3n) is 4.85. The van der Waals surface area contributed by atoms with Crippen LogP contribution in [0, 0.1) is 0 Å². The summed E-state index contributed by atoms with van der Waals surface area (Å²) in [7, 11) is 0. The normalized spacial score (nSPS) is 14.9. The lowest BCUT2D eigenvalue weighted by atomic mass is 9.94. The molecule has 2 aromatic carbocycles. The number of amides is 1. The molecule has 0 unspecified atom stereocenters. The smallest absolute Gasteiger partial charge is 0.250 e. The van der Waals surface area contributed by atoms with Crippen molar-refractivity contribution in [1.82, 2.24) is 10.3 Å². The third kappa shape index (κ3) is 5.35. The van der Waals surface area contributed by atoms with Gasteiger partial charge in [-0.3, -0.25) is 9.69 Å². The molecule has 6 heteroatoms. The van der Waals surface area contributed by atoms with Crippen LogP contribution in [0.25, 0.3) is 0 Å². The number of benzene rings is 2. The molecular weight excluding hydrogens is 398 g/mol. The molecular formula is C23H23N3OS2. The fraction of sp³-hybridized carbons (Fsp3) is 0.217. The van der Waals surface area contributed by atoms with Gasteiger partial charge in [0, 0.05) is 23.2 Å². The standard InChI is InChI=1S/C23H23N3OS2/c27-22(25-24-14-20-12-7-13-28-20)17-29-21-15-26(16-21)23(18-8-3-1-4-9-18)19-10-5-2-6-11-19/h1-14,21,23H,15-17H2,(H,25,27)/b24-14+. The van der Waals surface area contributed by atoms with Crippen molar-refractivity contribution in [3.8, 4) is 0 Å². The van der Waals surface area contributed by atoms with Crippen LogP contribution in [0.4, 0.5) is 0 Å². The lowest BCUT2D eigenvalue weighted by Crippen LogP contribution is -2.51. The van der Waals surface area contributed by atoms with Crippen LogP contribution in [0.1, 0.15) is 22.0 Å². The summed E-state index contributed by atoms with van der Waals surface area (Å²) in [6.45, 7) is 1.95. The average molecular weight is 422 g/mol. The Bertz CT molecular complexity index is 884. The van der Waals surface area contributed by atoms with E-state index in [4.69, 9.17) is 0 Å². The molecule has 0 aliphatic carbocycles. The van der Waals surface area contributed by atoms with Gasteiger partial charge in [-0.05, 0) is 22.6 Å². The molecule has 0 bridgehead atoms. The molecule has 0 spiro atoms. The highest BCUT2D eigenvalue weighted by Crippen LogP contribution is 2.35. The summed E-state index contributed by atoms with van der Waals surface area (Å²) in [5, 5.41) is 6.48. The van der Waals surface area contributed by atoms with Crippen molar-refractivity contribution in [2.45, 2.75) is 11.3 Å². The number of nitrogens with zero attached hydrogens (tertiary/aromatic N) is 2. The van der Waals surface area contributed by atoms with E-state index in [9.17, 15) is 4.79 Å². The van der Waals surface area contributed by atoms with E-state index in [2.05, 4.69) is 76.1 Å². The lowest BCUT2D eigenvalue weighted by Gasteiger charge is -2.44. The molecule has 1 fully saturated rings. The molecule has 1 aromatic heterocycles. The van der Waals surface area contributed by atoms with Gasteiger partial charge in [0.05, 0.1) is 18.0 Å². The molecule has 1 N–H and O–H groups in total. The number of hydrogen-bond donors (Lipinski definition) is 1. The molecule has 4 rings (SSSR count). The van der Waals surface area contributed by atoms with Gasteiger partial charge in [0.15, 0.2) is 0 Å². The first-order valence-corrected chi connectivity index (χ1v) is 11.5. The third-order valence-corrected chi connectivity index (χ3v) is 6.85. The highest BCUT2D eigenvalue weighted by Gasteiger charge is 2.34. The Morgan fingerprint density at radius 3 is 2.31 bits per heavy atom. The summed E-state index contributed by atoms with van der Waals surface area (Å²) in [6, 6.07) is 25.5. The summed E-state index contributed by atoms with van der Waals surface area (Å²) in [5.41, 5.74) is 5.23. The molecule has 148 valence electrons. The van der Waals surface area contributed by atoms with Gasteiger partial charge in [0.25, 0.3) is 0 Å². The largest absolute Gasteiger partial charge is 0.290 e. The van der Waals surface area contributed by atoms with E-state index < -0.39 is 0 Å². The minimum atomic E-state index is -0.0519. The highest BCUT2D eigenvalue weighted by atomic mass is 32.2. The van der Waals surface area contributed by atoms with Crippen LogP contribution in [-0.4, -0.2) is 41.1 Å². The Morgan fingerprint density at radius 2 is 1.72 bits per heavy atom. The number of nitrogens with one attached hydrogen (secondary N) is 1. The lowest BCUT2D eigenvalue weighted by molar-refractivity contribution is -0.118. The number of likely N-dealkylation sites (tertiary alicyclic amines) is 1. The van der Waals surface area contributed by atoms with Crippen molar-refractivity contribution >= 4 is 35.2 Å². The minimum Gasteiger partial charge on any atom is -0.290 e. The average Bonchev–Trinajstić information content (AvgIpc) is 3.24. The molecule has 3 aromatic rings. The van der Waals surface area contributed by atoms with Crippen molar-refractivity contribution in [3.05, 3.63) is 94.2 Å². The summed E-state index contributed by atoms with van der Waals surface area (Å²) >= 11 is 3.30. The number of carbonyl (C=O) groups is 1. The first-order valence-electron chi connectivity index (χ1n) is 9.60. The van der Waals surface area contributed by atoms with Crippen molar-refractivity contribution in [2.24, 2.45) is 5.10 Å². The van der Waals surface area contributed by atoms with Crippen molar-refractivity contribution in [2.75, 3.05) is 18.8 Å². The SMILES string of the molecule is O=C(CSC1CN(C(c2ccccc2)c2ccccc2)C1)N/N=C/c1cccs1. The van der Waals surface area contributed by atoms with Crippen LogP contribution >= 0.6 is 23.1 Å². The van der Waals surface area contributed by atoms with Gasteiger partial charge in [-0.2, -0.15) is 5.10 Å². The summed E-state index contributed by atoms with van der Waals surface area (Å²) < 4.78 is 0. The number of rotatable bonds is 8. The molecule has 1 aliphatic heterocycles. The molecule has 0 saturated carbocycles. The Labute approximate surface area is 179 Å². The molecule has 2 heterocycles. The van der Waals surface area contributed by atoms with Crippen LogP contribution in [0.3, 0.4) is 0 Å². The quantitative estimate of drug-likeness (QED) is 0.433. The maximum absolute atomic E-state index is 12.0. The van der Waals surface area contributed by atoms with Crippen LogP contribution < -0.4 is 5.43 Å². The second-order valence-corrected chi connectivity index (χ2v) is 9.19. The number of thioether (sulfide) groups is 1. The molecule has 0 atom stereocenters. The number of hydrazone groups is 1. The van der Waals surface area contributed by atoms with E-state index in [1.807, 2.05) is 17.5 Å². The Kier molecular flexibility index (Phi) is 6.77. The predicted molar refractivity (Wildman–Crippen MR) is 123 cm³/mol. The van der Waals surface area contributed by atoms with Crippen molar-refractivity contribution in [1.29, 1.82) is 0 Å². The second-order valence-electron chi connectivity index (χ2n) is 6.92. The zero-order chi connectivity index (χ0) is 19.9. The minimum absolute atomic E-state index is 0.0519. The Morgan fingerprint density at radius 1 is 1.07 bits per heavy atom. The van der Waals surface area contributed by atoms with Crippen LogP contribution in [0.2, 0.25) is 0 Å². The van der Waals surface area contributed by atoms with Crippen molar-refractivity contribution < 1.29 is 4.79 Å². The molecule has 1 aliphatic rings. The fourth-order valence-electron chi connectivity index (χ4n) is 3.43. The maximum atomic E-state index is 12.0. The van der Waals surface area contributed by atoms with Gasteiger partial charge in [0.1, 0.15) is 0 Å². The Balaban J connectivity index is 1.28. The van der Waals surface area contributed by atoms with E-state index in [0.29, 0.717) is 11.0 Å². The van der Waals surface area contributed by atoms with Gasteiger partial charge in [-0.15, -0.1) is 23.1 Å². The molecule has 1 amide bonds. The molecule has 1 saturated heterocycles. The predicted octanol–water partition coefficient (Wildman–Crippen LogP) is 4.41. The van der Waals surface area contributed by atoms with E-state index in [1.165, 1.54) is 11.1 Å². The zero-order valence-corrected chi connectivity index (χ0v) is 17.6.